The van der Waals surface area contributed by atoms with Gasteiger partial charge < -0.3 is 14.5 Å². The number of likely N-dealkylation sites (tertiary alicyclic amines) is 2. The second-order valence-electron chi connectivity index (χ2n) is 11.1. The first-order chi connectivity index (χ1) is 15.0. The SMILES string of the molecule is O=C(N1CC2(CC[C@H](N3CCC(c4ccccc4OCC4CC4)CC3)C2)C1)C1(F)CC1. The number of carbonyl (C=O) groups excluding carboxylic acids is 1. The number of rotatable bonds is 6. The maximum absolute atomic E-state index is 14.1. The molecule has 31 heavy (non-hydrogen) atoms. The zero-order valence-electron chi connectivity index (χ0n) is 18.5. The van der Waals surface area contributed by atoms with Crippen LogP contribution in [0.2, 0.25) is 0 Å². The summed E-state index contributed by atoms with van der Waals surface area (Å²) in [5.74, 6) is 2.25. The molecule has 5 fully saturated rings. The third-order valence-electron chi connectivity index (χ3n) is 8.66. The van der Waals surface area contributed by atoms with Gasteiger partial charge in [0.15, 0.2) is 5.67 Å². The number of ether oxygens (including phenoxy) is 1. The Kier molecular flexibility index (Phi) is 4.82. The molecule has 3 saturated carbocycles. The van der Waals surface area contributed by atoms with Crippen molar-refractivity contribution >= 4 is 5.91 Å². The molecule has 2 heterocycles. The van der Waals surface area contributed by atoms with E-state index in [2.05, 4.69) is 29.2 Å². The van der Waals surface area contributed by atoms with Crippen LogP contribution in [-0.2, 0) is 4.79 Å². The molecular formula is C26H35FN2O2. The zero-order chi connectivity index (χ0) is 21.1. The van der Waals surface area contributed by atoms with Crippen LogP contribution >= 0.6 is 0 Å². The van der Waals surface area contributed by atoms with E-state index >= 15 is 0 Å². The van der Waals surface area contributed by atoms with Gasteiger partial charge >= 0.3 is 0 Å². The summed E-state index contributed by atoms with van der Waals surface area (Å²) in [6.07, 6.45) is 9.51. The molecule has 6 rings (SSSR count). The minimum Gasteiger partial charge on any atom is -0.493 e. The van der Waals surface area contributed by atoms with Crippen molar-refractivity contribution < 1.29 is 13.9 Å². The normalized spacial score (nSPS) is 29.7. The summed E-state index contributed by atoms with van der Waals surface area (Å²) in [5.41, 5.74) is 0.172. The number of benzene rings is 1. The highest BCUT2D eigenvalue weighted by Gasteiger charge is 2.58. The number of halogens is 1. The van der Waals surface area contributed by atoms with Gasteiger partial charge in [-0.2, -0.15) is 0 Å². The second kappa shape index (κ2) is 7.47. The van der Waals surface area contributed by atoms with Gasteiger partial charge in [0.05, 0.1) is 6.61 Å². The van der Waals surface area contributed by atoms with Crippen molar-refractivity contribution in [2.45, 2.75) is 75.4 Å². The van der Waals surface area contributed by atoms with Crippen LogP contribution < -0.4 is 4.74 Å². The number of alkyl halides is 1. The molecule has 0 aromatic heterocycles. The van der Waals surface area contributed by atoms with Crippen molar-refractivity contribution in [3.05, 3.63) is 29.8 Å². The van der Waals surface area contributed by atoms with Crippen molar-refractivity contribution in [3.63, 3.8) is 0 Å². The summed E-state index contributed by atoms with van der Waals surface area (Å²) in [4.78, 5) is 16.7. The smallest absolute Gasteiger partial charge is 0.260 e. The Balaban J connectivity index is 1.01. The minimum absolute atomic E-state index is 0.232. The van der Waals surface area contributed by atoms with Crippen LogP contribution in [0, 0.1) is 11.3 Å². The molecule has 1 atom stereocenters. The highest BCUT2D eigenvalue weighted by molar-refractivity contribution is 5.88. The monoisotopic (exact) mass is 426 g/mol. The first kappa shape index (κ1) is 20.0. The lowest BCUT2D eigenvalue weighted by molar-refractivity contribution is -0.150. The fourth-order valence-corrected chi connectivity index (χ4v) is 6.31. The van der Waals surface area contributed by atoms with Crippen molar-refractivity contribution in [1.29, 1.82) is 0 Å². The molecule has 0 bridgehead atoms. The molecule has 0 radical (unpaired) electrons. The van der Waals surface area contributed by atoms with E-state index in [9.17, 15) is 9.18 Å². The van der Waals surface area contributed by atoms with E-state index in [0.717, 1.165) is 44.5 Å². The lowest BCUT2D eigenvalue weighted by Crippen LogP contribution is -2.60. The van der Waals surface area contributed by atoms with Gasteiger partial charge in [-0.1, -0.05) is 18.2 Å². The van der Waals surface area contributed by atoms with E-state index in [4.69, 9.17) is 4.74 Å². The largest absolute Gasteiger partial charge is 0.493 e. The predicted octanol–water partition coefficient (Wildman–Crippen LogP) is 4.54. The average Bonchev–Trinajstić information content (AvgIpc) is 3.70. The maximum atomic E-state index is 14.1. The summed E-state index contributed by atoms with van der Waals surface area (Å²) in [6, 6.07) is 9.31. The van der Waals surface area contributed by atoms with E-state index < -0.39 is 5.67 Å². The van der Waals surface area contributed by atoms with E-state index in [-0.39, 0.29) is 11.3 Å². The average molecular weight is 427 g/mol. The molecule has 1 amide bonds. The van der Waals surface area contributed by atoms with Gasteiger partial charge in [0.25, 0.3) is 5.91 Å². The zero-order valence-corrected chi connectivity index (χ0v) is 18.5. The second-order valence-corrected chi connectivity index (χ2v) is 11.1. The van der Waals surface area contributed by atoms with Crippen LogP contribution in [0.5, 0.6) is 5.75 Å². The van der Waals surface area contributed by atoms with Crippen LogP contribution in [-0.4, -0.2) is 60.2 Å². The Morgan fingerprint density at radius 3 is 2.48 bits per heavy atom. The minimum atomic E-state index is -1.50. The molecule has 1 spiro atoms. The Labute approximate surface area is 185 Å². The van der Waals surface area contributed by atoms with Crippen LogP contribution in [0.3, 0.4) is 0 Å². The molecule has 3 aliphatic carbocycles. The first-order valence-electron chi connectivity index (χ1n) is 12.5. The molecule has 0 unspecified atom stereocenters. The van der Waals surface area contributed by atoms with E-state index in [0.29, 0.717) is 24.8 Å². The summed E-state index contributed by atoms with van der Waals surface area (Å²) in [7, 11) is 0. The Hall–Kier alpha value is -1.62. The number of para-hydroxylation sites is 1. The molecule has 1 aromatic carbocycles. The fourth-order valence-electron chi connectivity index (χ4n) is 6.31. The molecule has 5 aliphatic rings. The highest BCUT2D eigenvalue weighted by atomic mass is 19.1. The highest BCUT2D eigenvalue weighted by Crippen LogP contribution is 2.51. The van der Waals surface area contributed by atoms with Crippen molar-refractivity contribution in [2.24, 2.45) is 11.3 Å². The molecule has 5 heteroatoms. The number of carbonyl (C=O) groups is 1. The molecule has 168 valence electrons. The number of nitrogens with zero attached hydrogens (tertiary/aromatic N) is 2. The Morgan fingerprint density at radius 1 is 1.03 bits per heavy atom. The van der Waals surface area contributed by atoms with Crippen molar-refractivity contribution in [1.82, 2.24) is 9.80 Å². The third-order valence-corrected chi connectivity index (χ3v) is 8.66. The molecule has 0 N–H and O–H groups in total. The summed E-state index contributed by atoms with van der Waals surface area (Å²) in [5, 5.41) is 0. The van der Waals surface area contributed by atoms with Gasteiger partial charge in [-0.05, 0) is 94.3 Å². The van der Waals surface area contributed by atoms with E-state index in [1.165, 1.54) is 50.5 Å². The Bertz CT molecular complexity index is 836. The molecule has 1 aromatic rings. The van der Waals surface area contributed by atoms with Crippen LogP contribution in [0.4, 0.5) is 4.39 Å². The van der Waals surface area contributed by atoms with Crippen molar-refractivity contribution in [3.8, 4) is 5.75 Å². The summed E-state index contributed by atoms with van der Waals surface area (Å²) < 4.78 is 20.3. The first-order valence-corrected chi connectivity index (χ1v) is 12.5. The standard InChI is InChI=1S/C26H35FN2O2/c27-26(11-12-26)24(30)29-17-25(18-29)10-7-21(15-25)28-13-8-20(9-14-28)22-3-1-2-4-23(22)31-16-19-5-6-19/h1-4,19-21H,5-18H2/t21-/m0/s1. The van der Waals surface area contributed by atoms with Gasteiger partial charge in [0, 0.05) is 24.5 Å². The van der Waals surface area contributed by atoms with Gasteiger partial charge in [0.1, 0.15) is 5.75 Å². The molecule has 2 saturated heterocycles. The number of hydrogen-bond acceptors (Lipinski definition) is 3. The quantitative estimate of drug-likeness (QED) is 0.670. The molecule has 2 aliphatic heterocycles. The predicted molar refractivity (Wildman–Crippen MR) is 118 cm³/mol. The molecule has 4 nitrogen and oxygen atoms in total. The summed E-state index contributed by atoms with van der Waals surface area (Å²) >= 11 is 0. The lowest BCUT2D eigenvalue weighted by Gasteiger charge is -2.49. The third kappa shape index (κ3) is 3.88. The lowest BCUT2D eigenvalue weighted by atomic mass is 9.77. The maximum Gasteiger partial charge on any atom is 0.260 e. The fraction of sp³-hybridized carbons (Fsp3) is 0.731. The van der Waals surface area contributed by atoms with Gasteiger partial charge in [0.2, 0.25) is 0 Å². The van der Waals surface area contributed by atoms with Gasteiger partial charge in [-0.3, -0.25) is 4.79 Å². The van der Waals surface area contributed by atoms with Gasteiger partial charge in [-0.25, -0.2) is 4.39 Å². The van der Waals surface area contributed by atoms with Crippen LogP contribution in [0.15, 0.2) is 24.3 Å². The van der Waals surface area contributed by atoms with Crippen LogP contribution in [0.25, 0.3) is 0 Å². The molecular weight excluding hydrogens is 391 g/mol. The van der Waals surface area contributed by atoms with E-state index in [1.807, 2.05) is 0 Å². The van der Waals surface area contributed by atoms with Gasteiger partial charge in [-0.15, -0.1) is 0 Å². The van der Waals surface area contributed by atoms with E-state index in [1.54, 1.807) is 4.90 Å². The topological polar surface area (TPSA) is 32.8 Å². The summed E-state index contributed by atoms with van der Waals surface area (Å²) in [6.45, 7) is 4.76. The van der Waals surface area contributed by atoms with Crippen molar-refractivity contribution in [2.75, 3.05) is 32.8 Å². The Morgan fingerprint density at radius 2 is 1.77 bits per heavy atom. The number of piperidine rings is 1. The number of amides is 1. The number of hydrogen-bond donors (Lipinski definition) is 0. The van der Waals surface area contributed by atoms with Crippen LogP contribution in [0.1, 0.15) is 69.3 Å².